The zero-order chi connectivity index (χ0) is 14.5. The highest BCUT2D eigenvalue weighted by Gasteiger charge is 2.17. The predicted octanol–water partition coefficient (Wildman–Crippen LogP) is 2.64. The third-order valence-corrected chi connectivity index (χ3v) is 4.43. The van der Waals surface area contributed by atoms with E-state index in [2.05, 4.69) is 0 Å². The lowest BCUT2D eigenvalue weighted by Crippen LogP contribution is -2.19. The van der Waals surface area contributed by atoms with E-state index in [1.807, 2.05) is 18.2 Å². The molecule has 0 saturated carbocycles. The molecule has 0 fully saturated rings. The molecule has 0 bridgehead atoms. The van der Waals surface area contributed by atoms with Gasteiger partial charge in [-0.3, -0.25) is 4.21 Å². The minimum Gasteiger partial charge on any atom is -0.496 e. The lowest BCUT2D eigenvalue weighted by atomic mass is 10.1. The number of benzene rings is 2. The van der Waals surface area contributed by atoms with Crippen molar-refractivity contribution in [3.63, 3.8) is 0 Å². The highest BCUT2D eigenvalue weighted by molar-refractivity contribution is 7.85. The second-order valence-electron chi connectivity index (χ2n) is 4.29. The third-order valence-electron chi connectivity index (χ3n) is 2.95. The van der Waals surface area contributed by atoms with Crippen LogP contribution in [0.4, 0.5) is 4.39 Å². The highest BCUT2D eigenvalue weighted by Crippen LogP contribution is 2.25. The third kappa shape index (κ3) is 3.23. The molecular weight excluding hydrogens is 277 g/mol. The molecule has 0 saturated heterocycles. The second kappa shape index (κ2) is 6.63. The number of nitrogens with two attached hydrogens (primary N) is 1. The van der Waals surface area contributed by atoms with Crippen LogP contribution < -0.4 is 10.5 Å². The molecule has 0 aliphatic carbocycles. The van der Waals surface area contributed by atoms with Gasteiger partial charge in [0.1, 0.15) is 11.6 Å². The first-order valence-corrected chi connectivity index (χ1v) is 7.46. The van der Waals surface area contributed by atoms with Crippen LogP contribution in [0, 0.1) is 5.82 Å². The van der Waals surface area contributed by atoms with E-state index < -0.39 is 22.7 Å². The van der Waals surface area contributed by atoms with Crippen LogP contribution >= 0.6 is 0 Å². The molecular formula is C15H16FNO2S. The average Bonchev–Trinajstić information content (AvgIpc) is 2.47. The van der Waals surface area contributed by atoms with E-state index in [0.29, 0.717) is 5.75 Å². The molecule has 0 aliphatic heterocycles. The van der Waals surface area contributed by atoms with Gasteiger partial charge in [0, 0.05) is 17.4 Å². The van der Waals surface area contributed by atoms with Gasteiger partial charge in [0.2, 0.25) is 0 Å². The van der Waals surface area contributed by atoms with Crippen LogP contribution in [0.1, 0.15) is 11.6 Å². The molecule has 2 atom stereocenters. The molecule has 0 spiro atoms. The molecule has 0 aromatic heterocycles. The van der Waals surface area contributed by atoms with Crippen molar-refractivity contribution >= 4 is 10.8 Å². The summed E-state index contributed by atoms with van der Waals surface area (Å²) in [7, 11) is 0.0636. The van der Waals surface area contributed by atoms with E-state index in [-0.39, 0.29) is 10.6 Å². The standard InChI is InChI=1S/C15H16FNO2S/c1-19-14-8-4-2-6-11(14)13(17)10-20(18)15-9-5-3-7-12(15)16/h2-9,13H,10,17H2,1H3. The Morgan fingerprint density at radius 3 is 2.55 bits per heavy atom. The van der Waals surface area contributed by atoms with Gasteiger partial charge in [0.15, 0.2) is 0 Å². The van der Waals surface area contributed by atoms with E-state index in [1.54, 1.807) is 25.3 Å². The van der Waals surface area contributed by atoms with E-state index in [1.165, 1.54) is 12.1 Å². The molecule has 0 aliphatic rings. The van der Waals surface area contributed by atoms with Gasteiger partial charge in [-0.25, -0.2) is 4.39 Å². The molecule has 20 heavy (non-hydrogen) atoms. The van der Waals surface area contributed by atoms with Crippen LogP contribution in [0.25, 0.3) is 0 Å². The fourth-order valence-corrected chi connectivity index (χ4v) is 3.15. The molecule has 0 amide bonds. The van der Waals surface area contributed by atoms with Crippen LogP contribution in [0.5, 0.6) is 5.75 Å². The summed E-state index contributed by atoms with van der Waals surface area (Å²) < 4.78 is 31.0. The van der Waals surface area contributed by atoms with Crippen LogP contribution in [-0.4, -0.2) is 17.1 Å². The minimum absolute atomic E-state index is 0.140. The molecule has 2 aromatic carbocycles. The molecule has 0 radical (unpaired) electrons. The topological polar surface area (TPSA) is 52.3 Å². The predicted molar refractivity (Wildman–Crippen MR) is 77.6 cm³/mol. The lowest BCUT2D eigenvalue weighted by Gasteiger charge is -2.15. The van der Waals surface area contributed by atoms with Crippen LogP contribution in [0.3, 0.4) is 0 Å². The number of halogens is 1. The maximum Gasteiger partial charge on any atom is 0.139 e. The van der Waals surface area contributed by atoms with Crippen LogP contribution in [0.15, 0.2) is 53.4 Å². The zero-order valence-electron chi connectivity index (χ0n) is 11.1. The number of hydrogen-bond donors (Lipinski definition) is 1. The summed E-state index contributed by atoms with van der Waals surface area (Å²) in [6, 6.07) is 12.8. The maximum atomic E-state index is 13.6. The fourth-order valence-electron chi connectivity index (χ4n) is 1.94. The Morgan fingerprint density at radius 1 is 1.20 bits per heavy atom. The van der Waals surface area contributed by atoms with Crippen molar-refractivity contribution in [2.45, 2.75) is 10.9 Å². The highest BCUT2D eigenvalue weighted by atomic mass is 32.2. The summed E-state index contributed by atoms with van der Waals surface area (Å²) in [5.41, 5.74) is 6.83. The Kier molecular flexibility index (Phi) is 4.87. The summed E-state index contributed by atoms with van der Waals surface area (Å²) in [6.07, 6.45) is 0. The quantitative estimate of drug-likeness (QED) is 0.922. The van der Waals surface area contributed by atoms with Gasteiger partial charge < -0.3 is 10.5 Å². The SMILES string of the molecule is COc1ccccc1C(N)CS(=O)c1ccccc1F. The van der Waals surface area contributed by atoms with Crippen LogP contribution in [-0.2, 0) is 10.8 Å². The summed E-state index contributed by atoms with van der Waals surface area (Å²) >= 11 is 0. The smallest absolute Gasteiger partial charge is 0.139 e. The Hall–Kier alpha value is -1.72. The van der Waals surface area contributed by atoms with E-state index in [4.69, 9.17) is 10.5 Å². The van der Waals surface area contributed by atoms with Gasteiger partial charge in [-0.1, -0.05) is 30.3 Å². The molecule has 5 heteroatoms. The number of ether oxygens (including phenoxy) is 1. The van der Waals surface area contributed by atoms with Crippen LogP contribution in [0.2, 0.25) is 0 Å². The first-order valence-electron chi connectivity index (χ1n) is 6.15. The minimum atomic E-state index is -1.49. The molecule has 3 nitrogen and oxygen atoms in total. The first kappa shape index (κ1) is 14.7. The van der Waals surface area contributed by atoms with Crippen molar-refractivity contribution < 1.29 is 13.3 Å². The monoisotopic (exact) mass is 293 g/mol. The van der Waals surface area contributed by atoms with E-state index >= 15 is 0 Å². The van der Waals surface area contributed by atoms with Crippen molar-refractivity contribution in [2.24, 2.45) is 5.73 Å². The molecule has 2 rings (SSSR count). The Labute approximate surface area is 120 Å². The van der Waals surface area contributed by atoms with Crippen molar-refractivity contribution in [3.8, 4) is 5.75 Å². The number of rotatable bonds is 5. The van der Waals surface area contributed by atoms with Crippen molar-refractivity contribution in [3.05, 3.63) is 59.9 Å². The van der Waals surface area contributed by atoms with Crippen molar-refractivity contribution in [1.82, 2.24) is 0 Å². The Morgan fingerprint density at radius 2 is 1.85 bits per heavy atom. The van der Waals surface area contributed by atoms with Gasteiger partial charge in [0.05, 0.1) is 22.8 Å². The molecule has 106 valence electrons. The fraction of sp³-hybridized carbons (Fsp3) is 0.200. The van der Waals surface area contributed by atoms with Gasteiger partial charge in [0.25, 0.3) is 0 Å². The Balaban J connectivity index is 2.18. The number of hydrogen-bond acceptors (Lipinski definition) is 3. The summed E-state index contributed by atoms with van der Waals surface area (Å²) in [5.74, 6) is 0.310. The number of para-hydroxylation sites is 1. The molecule has 2 N–H and O–H groups in total. The van der Waals surface area contributed by atoms with Crippen molar-refractivity contribution in [1.29, 1.82) is 0 Å². The van der Waals surface area contributed by atoms with Crippen molar-refractivity contribution in [2.75, 3.05) is 12.9 Å². The Bertz CT molecular complexity index is 618. The van der Waals surface area contributed by atoms with E-state index in [0.717, 1.165) is 5.56 Å². The van der Waals surface area contributed by atoms with Gasteiger partial charge in [-0.2, -0.15) is 0 Å². The first-order chi connectivity index (χ1) is 9.63. The zero-order valence-corrected chi connectivity index (χ0v) is 11.9. The average molecular weight is 293 g/mol. The second-order valence-corrected chi connectivity index (χ2v) is 5.76. The normalized spacial score (nSPS) is 13.8. The van der Waals surface area contributed by atoms with Gasteiger partial charge >= 0.3 is 0 Å². The molecule has 2 unspecified atom stereocenters. The number of methoxy groups -OCH3 is 1. The molecule has 2 aromatic rings. The summed E-state index contributed by atoms with van der Waals surface area (Å²) in [5, 5.41) is 0. The lowest BCUT2D eigenvalue weighted by molar-refractivity contribution is 0.407. The largest absolute Gasteiger partial charge is 0.496 e. The summed E-state index contributed by atoms with van der Waals surface area (Å²) in [6.45, 7) is 0. The van der Waals surface area contributed by atoms with Gasteiger partial charge in [-0.15, -0.1) is 0 Å². The van der Waals surface area contributed by atoms with Gasteiger partial charge in [-0.05, 0) is 18.2 Å². The molecule has 0 heterocycles. The van der Waals surface area contributed by atoms with E-state index in [9.17, 15) is 8.60 Å². The summed E-state index contributed by atoms with van der Waals surface area (Å²) in [4.78, 5) is 0.179. The maximum absolute atomic E-state index is 13.6.